The van der Waals surface area contributed by atoms with Crippen LogP contribution in [0.5, 0.6) is 0 Å². The van der Waals surface area contributed by atoms with Crippen LogP contribution in [0.2, 0.25) is 0 Å². The molecule has 2 rings (SSSR count). The molecule has 0 spiro atoms. The first-order valence-corrected chi connectivity index (χ1v) is 6.48. The predicted octanol–water partition coefficient (Wildman–Crippen LogP) is 2.55. The minimum Gasteiger partial charge on any atom is -0.466 e. The highest BCUT2D eigenvalue weighted by Crippen LogP contribution is 2.26. The summed E-state index contributed by atoms with van der Waals surface area (Å²) in [6.45, 7) is 1.99. The van der Waals surface area contributed by atoms with Gasteiger partial charge < -0.3 is 4.42 Å². The van der Waals surface area contributed by atoms with Crippen LogP contribution in [0.25, 0.3) is 0 Å². The monoisotopic (exact) mass is 301 g/mol. The standard InChI is InChI=1S/C10H12BrN3OS/c1-6-13-7(5-16-6)4-9(14-12)10-8(11)2-3-15-10/h2-3,5,9,14H,4,12H2,1H3. The van der Waals surface area contributed by atoms with Crippen molar-refractivity contribution in [1.82, 2.24) is 10.4 Å². The molecule has 1 atom stereocenters. The molecule has 0 aromatic carbocycles. The van der Waals surface area contributed by atoms with Crippen LogP contribution in [0.1, 0.15) is 22.5 Å². The molecule has 86 valence electrons. The van der Waals surface area contributed by atoms with E-state index in [0.29, 0.717) is 6.42 Å². The van der Waals surface area contributed by atoms with E-state index in [1.807, 2.05) is 18.4 Å². The van der Waals surface area contributed by atoms with Crippen LogP contribution in [-0.4, -0.2) is 4.98 Å². The molecule has 0 aliphatic rings. The summed E-state index contributed by atoms with van der Waals surface area (Å²) in [4.78, 5) is 4.40. The summed E-state index contributed by atoms with van der Waals surface area (Å²) in [5.41, 5.74) is 3.77. The first-order valence-electron chi connectivity index (χ1n) is 4.80. The molecule has 0 amide bonds. The van der Waals surface area contributed by atoms with Crippen LogP contribution < -0.4 is 11.3 Å². The second-order valence-corrected chi connectivity index (χ2v) is 5.33. The summed E-state index contributed by atoms with van der Waals surface area (Å²) >= 11 is 5.06. The molecule has 0 saturated carbocycles. The highest BCUT2D eigenvalue weighted by atomic mass is 79.9. The van der Waals surface area contributed by atoms with E-state index in [1.54, 1.807) is 17.6 Å². The van der Waals surface area contributed by atoms with Gasteiger partial charge in [0.05, 0.1) is 27.5 Å². The Balaban J connectivity index is 2.15. The molecule has 4 nitrogen and oxygen atoms in total. The summed E-state index contributed by atoms with van der Waals surface area (Å²) in [6, 6.07) is 1.79. The first kappa shape index (κ1) is 11.8. The maximum atomic E-state index is 5.53. The van der Waals surface area contributed by atoms with Gasteiger partial charge in [0.2, 0.25) is 0 Å². The number of furan rings is 1. The molecule has 1 unspecified atom stereocenters. The van der Waals surface area contributed by atoms with Gasteiger partial charge in [-0.05, 0) is 28.9 Å². The number of aromatic nitrogens is 1. The predicted molar refractivity (Wildman–Crippen MR) is 67.0 cm³/mol. The van der Waals surface area contributed by atoms with Crippen molar-refractivity contribution in [3.05, 3.63) is 38.6 Å². The Morgan fingerprint density at radius 3 is 3.00 bits per heavy atom. The highest BCUT2D eigenvalue weighted by molar-refractivity contribution is 9.10. The van der Waals surface area contributed by atoms with Gasteiger partial charge in [0.25, 0.3) is 0 Å². The van der Waals surface area contributed by atoms with E-state index in [0.717, 1.165) is 20.9 Å². The SMILES string of the molecule is Cc1nc(CC(NN)c2occc2Br)cs1. The second kappa shape index (κ2) is 5.09. The van der Waals surface area contributed by atoms with Crippen molar-refractivity contribution < 1.29 is 4.42 Å². The van der Waals surface area contributed by atoms with Crippen LogP contribution in [0.3, 0.4) is 0 Å². The minimum absolute atomic E-state index is 0.0640. The van der Waals surface area contributed by atoms with Crippen molar-refractivity contribution >= 4 is 27.3 Å². The van der Waals surface area contributed by atoms with Crippen LogP contribution in [0.4, 0.5) is 0 Å². The second-order valence-electron chi connectivity index (χ2n) is 3.41. The van der Waals surface area contributed by atoms with Gasteiger partial charge >= 0.3 is 0 Å². The number of rotatable bonds is 4. The van der Waals surface area contributed by atoms with Crippen LogP contribution in [0, 0.1) is 6.92 Å². The Bertz CT molecular complexity index is 468. The van der Waals surface area contributed by atoms with Crippen molar-refractivity contribution in [2.45, 2.75) is 19.4 Å². The topological polar surface area (TPSA) is 64.1 Å². The first-order chi connectivity index (χ1) is 7.70. The molecule has 0 fully saturated rings. The summed E-state index contributed by atoms with van der Waals surface area (Å²) in [5, 5.41) is 3.10. The van der Waals surface area contributed by atoms with Crippen molar-refractivity contribution in [2.75, 3.05) is 0 Å². The third-order valence-corrected chi connectivity index (χ3v) is 3.72. The van der Waals surface area contributed by atoms with Gasteiger partial charge in [0.1, 0.15) is 5.76 Å². The smallest absolute Gasteiger partial charge is 0.136 e. The number of nitrogens with two attached hydrogens (primary N) is 1. The quantitative estimate of drug-likeness (QED) is 0.673. The molecule has 3 N–H and O–H groups in total. The molecular weight excluding hydrogens is 290 g/mol. The number of hydrogen-bond donors (Lipinski definition) is 2. The minimum atomic E-state index is -0.0640. The number of thiazole rings is 1. The number of hydrogen-bond acceptors (Lipinski definition) is 5. The average Bonchev–Trinajstić information content (AvgIpc) is 2.84. The molecular formula is C10H12BrN3OS. The van der Waals surface area contributed by atoms with Gasteiger partial charge in [-0.25, -0.2) is 10.4 Å². The highest BCUT2D eigenvalue weighted by Gasteiger charge is 2.18. The molecule has 0 radical (unpaired) electrons. The molecule has 2 heterocycles. The Morgan fingerprint density at radius 2 is 2.50 bits per heavy atom. The van der Waals surface area contributed by atoms with E-state index < -0.39 is 0 Å². The lowest BCUT2D eigenvalue weighted by molar-refractivity contribution is 0.412. The third-order valence-electron chi connectivity index (χ3n) is 2.24. The lowest BCUT2D eigenvalue weighted by Gasteiger charge is -2.12. The number of hydrazine groups is 1. The Labute approximate surface area is 106 Å². The lowest BCUT2D eigenvalue weighted by Crippen LogP contribution is -2.29. The number of nitrogens with zero attached hydrogens (tertiary/aromatic N) is 1. The maximum absolute atomic E-state index is 5.53. The van der Waals surface area contributed by atoms with Crippen molar-refractivity contribution in [3.8, 4) is 0 Å². The zero-order chi connectivity index (χ0) is 11.5. The fourth-order valence-corrected chi connectivity index (χ4v) is 2.60. The molecule has 0 aliphatic heterocycles. The number of halogens is 1. The Kier molecular flexibility index (Phi) is 3.75. The van der Waals surface area contributed by atoms with E-state index in [9.17, 15) is 0 Å². The summed E-state index contributed by atoms with van der Waals surface area (Å²) in [6.07, 6.45) is 2.35. The number of nitrogens with one attached hydrogen (secondary N) is 1. The molecule has 2 aromatic heterocycles. The van der Waals surface area contributed by atoms with Gasteiger partial charge in [-0.3, -0.25) is 5.84 Å². The van der Waals surface area contributed by atoms with Gasteiger partial charge in [-0.15, -0.1) is 11.3 Å². The van der Waals surface area contributed by atoms with Crippen LogP contribution in [0.15, 0.2) is 26.6 Å². The normalized spacial score (nSPS) is 12.9. The Hall–Kier alpha value is -0.690. The van der Waals surface area contributed by atoms with Crippen LogP contribution >= 0.6 is 27.3 Å². The summed E-state index contributed by atoms with van der Waals surface area (Å²) in [5.74, 6) is 6.33. The molecule has 0 aliphatic carbocycles. The van der Waals surface area contributed by atoms with Gasteiger partial charge in [-0.1, -0.05) is 0 Å². The largest absolute Gasteiger partial charge is 0.466 e. The van der Waals surface area contributed by atoms with Crippen molar-refractivity contribution in [3.63, 3.8) is 0 Å². The molecule has 2 aromatic rings. The van der Waals surface area contributed by atoms with Gasteiger partial charge in [0.15, 0.2) is 0 Å². The molecule has 0 bridgehead atoms. The van der Waals surface area contributed by atoms with E-state index in [1.165, 1.54) is 0 Å². The van der Waals surface area contributed by atoms with Gasteiger partial charge in [0, 0.05) is 11.8 Å². The lowest BCUT2D eigenvalue weighted by atomic mass is 10.1. The fraction of sp³-hybridized carbons (Fsp3) is 0.300. The summed E-state index contributed by atoms with van der Waals surface area (Å²) in [7, 11) is 0. The molecule has 0 saturated heterocycles. The van der Waals surface area contributed by atoms with E-state index >= 15 is 0 Å². The average molecular weight is 302 g/mol. The molecule has 6 heteroatoms. The third kappa shape index (κ3) is 2.52. The van der Waals surface area contributed by atoms with Crippen molar-refractivity contribution in [2.24, 2.45) is 5.84 Å². The maximum Gasteiger partial charge on any atom is 0.136 e. The van der Waals surface area contributed by atoms with Crippen molar-refractivity contribution in [1.29, 1.82) is 0 Å². The Morgan fingerprint density at radius 1 is 1.69 bits per heavy atom. The number of aryl methyl sites for hydroxylation is 1. The molecule has 16 heavy (non-hydrogen) atoms. The fourth-order valence-electron chi connectivity index (χ4n) is 1.49. The van der Waals surface area contributed by atoms with Crippen LogP contribution in [-0.2, 0) is 6.42 Å². The van der Waals surface area contributed by atoms with E-state index in [4.69, 9.17) is 10.3 Å². The zero-order valence-corrected chi connectivity index (χ0v) is 11.1. The van der Waals surface area contributed by atoms with E-state index in [2.05, 4.69) is 26.3 Å². The zero-order valence-electron chi connectivity index (χ0n) is 8.74. The summed E-state index contributed by atoms with van der Waals surface area (Å²) < 4.78 is 6.30. The van der Waals surface area contributed by atoms with E-state index in [-0.39, 0.29) is 6.04 Å². The van der Waals surface area contributed by atoms with Gasteiger partial charge in [-0.2, -0.15) is 0 Å².